The van der Waals surface area contributed by atoms with Gasteiger partial charge in [-0.3, -0.25) is 9.59 Å². The number of nitrogens with one attached hydrogen (secondary N) is 2. The molecule has 2 unspecified atom stereocenters. The molecule has 0 aromatic heterocycles. The van der Waals surface area contributed by atoms with Crippen LogP contribution in [0.5, 0.6) is 0 Å². The van der Waals surface area contributed by atoms with Crippen molar-refractivity contribution >= 4 is 34.8 Å². The minimum Gasteiger partial charge on any atom is -0.326 e. The number of rotatable bonds is 4. The molecule has 3 rings (SSSR count). The Bertz CT molecular complexity index is 743. The Balaban J connectivity index is 1.56. The second-order valence-electron chi connectivity index (χ2n) is 5.77. The van der Waals surface area contributed by atoms with Gasteiger partial charge in [-0.2, -0.15) is 0 Å². The van der Waals surface area contributed by atoms with E-state index in [1.54, 1.807) is 24.3 Å². The van der Waals surface area contributed by atoms with Gasteiger partial charge >= 0.3 is 0 Å². The summed E-state index contributed by atoms with van der Waals surface area (Å²) in [5.41, 5.74) is 2.45. The first-order valence-corrected chi connectivity index (χ1v) is 7.85. The van der Waals surface area contributed by atoms with Gasteiger partial charge in [0.25, 0.3) is 0 Å². The lowest BCUT2D eigenvalue weighted by molar-refractivity contribution is -0.122. The van der Waals surface area contributed by atoms with Crippen LogP contribution in [0.4, 0.5) is 11.4 Å². The molecule has 2 aromatic rings. The molecule has 0 heterocycles. The molecule has 0 bridgehead atoms. The van der Waals surface area contributed by atoms with Gasteiger partial charge in [0, 0.05) is 5.69 Å². The lowest BCUT2D eigenvalue weighted by atomic mass is 10.2. The number of carbonyl (C=O) groups excluding carboxylic acids is 2. The van der Waals surface area contributed by atoms with Crippen LogP contribution in [-0.2, 0) is 9.59 Å². The number of halogens is 1. The first kappa shape index (κ1) is 15.6. The molecule has 1 saturated carbocycles. The maximum Gasteiger partial charge on any atom is 0.228 e. The molecule has 5 heteroatoms. The van der Waals surface area contributed by atoms with Gasteiger partial charge in [-0.15, -0.1) is 0 Å². The molecule has 0 spiro atoms. The van der Waals surface area contributed by atoms with Crippen molar-refractivity contribution in [2.24, 2.45) is 11.8 Å². The van der Waals surface area contributed by atoms with Gasteiger partial charge in [0.1, 0.15) is 0 Å². The maximum atomic E-state index is 12.2. The number of benzene rings is 2. The highest BCUT2D eigenvalue weighted by molar-refractivity contribution is 6.33. The van der Waals surface area contributed by atoms with Crippen molar-refractivity contribution in [2.45, 2.75) is 13.3 Å². The number of para-hydroxylation sites is 1. The monoisotopic (exact) mass is 328 g/mol. The number of aryl methyl sites for hydroxylation is 1. The van der Waals surface area contributed by atoms with Crippen LogP contribution in [0.25, 0.3) is 0 Å². The number of hydrogen-bond acceptors (Lipinski definition) is 2. The average molecular weight is 329 g/mol. The van der Waals surface area contributed by atoms with E-state index in [4.69, 9.17) is 11.6 Å². The van der Waals surface area contributed by atoms with Gasteiger partial charge < -0.3 is 10.6 Å². The van der Waals surface area contributed by atoms with Crippen molar-refractivity contribution in [3.05, 3.63) is 59.1 Å². The Morgan fingerprint density at radius 1 is 0.957 bits per heavy atom. The zero-order valence-corrected chi connectivity index (χ0v) is 13.4. The van der Waals surface area contributed by atoms with Crippen LogP contribution in [0.1, 0.15) is 12.0 Å². The highest BCUT2D eigenvalue weighted by atomic mass is 35.5. The van der Waals surface area contributed by atoms with Crippen molar-refractivity contribution in [3.8, 4) is 0 Å². The fourth-order valence-corrected chi connectivity index (χ4v) is 2.62. The van der Waals surface area contributed by atoms with Crippen LogP contribution < -0.4 is 10.6 Å². The molecule has 23 heavy (non-hydrogen) atoms. The summed E-state index contributed by atoms with van der Waals surface area (Å²) in [6.07, 6.45) is 0.563. The van der Waals surface area contributed by atoms with Crippen LogP contribution in [-0.4, -0.2) is 11.8 Å². The number of carbonyl (C=O) groups is 2. The van der Waals surface area contributed by atoms with Gasteiger partial charge in [0.05, 0.1) is 22.5 Å². The molecule has 118 valence electrons. The third-order valence-corrected chi connectivity index (χ3v) is 4.24. The second-order valence-corrected chi connectivity index (χ2v) is 6.18. The summed E-state index contributed by atoms with van der Waals surface area (Å²) in [4.78, 5) is 24.4. The minimum atomic E-state index is -0.295. The Morgan fingerprint density at radius 2 is 1.57 bits per heavy atom. The number of anilines is 2. The zero-order valence-electron chi connectivity index (χ0n) is 12.7. The lowest BCUT2D eigenvalue weighted by Crippen LogP contribution is -2.20. The van der Waals surface area contributed by atoms with E-state index in [2.05, 4.69) is 10.6 Å². The van der Waals surface area contributed by atoms with Gasteiger partial charge in [-0.25, -0.2) is 0 Å². The molecule has 2 amide bonds. The Labute approximate surface area is 139 Å². The molecule has 0 saturated heterocycles. The number of amides is 2. The Kier molecular flexibility index (Phi) is 4.35. The third-order valence-electron chi connectivity index (χ3n) is 3.91. The largest absolute Gasteiger partial charge is 0.326 e. The van der Waals surface area contributed by atoms with Crippen LogP contribution >= 0.6 is 11.6 Å². The predicted octanol–water partition coefficient (Wildman–Crippen LogP) is 3.86. The molecule has 1 aliphatic rings. The molecule has 1 aliphatic carbocycles. The summed E-state index contributed by atoms with van der Waals surface area (Å²) in [5, 5.41) is 6.11. The first-order chi connectivity index (χ1) is 11.0. The van der Waals surface area contributed by atoms with Gasteiger partial charge in [-0.05, 0) is 37.6 Å². The molecule has 2 aromatic carbocycles. The second kappa shape index (κ2) is 6.42. The van der Waals surface area contributed by atoms with E-state index in [0.717, 1.165) is 11.3 Å². The number of hydrogen-bond donors (Lipinski definition) is 2. The summed E-state index contributed by atoms with van der Waals surface area (Å²) in [7, 11) is 0. The van der Waals surface area contributed by atoms with Crippen LogP contribution in [0.3, 0.4) is 0 Å². The molecule has 0 radical (unpaired) electrons. The lowest BCUT2D eigenvalue weighted by Gasteiger charge is -2.07. The fourth-order valence-electron chi connectivity index (χ4n) is 2.43. The van der Waals surface area contributed by atoms with E-state index in [0.29, 0.717) is 17.1 Å². The van der Waals surface area contributed by atoms with Gasteiger partial charge in [0.15, 0.2) is 0 Å². The normalized spacial score (nSPS) is 19.0. The van der Waals surface area contributed by atoms with E-state index in [-0.39, 0.29) is 23.7 Å². The van der Waals surface area contributed by atoms with Crippen molar-refractivity contribution < 1.29 is 9.59 Å². The molecule has 4 nitrogen and oxygen atoms in total. The maximum absolute atomic E-state index is 12.2. The summed E-state index contributed by atoms with van der Waals surface area (Å²) in [5.74, 6) is -0.856. The summed E-state index contributed by atoms with van der Waals surface area (Å²) >= 11 is 6.02. The van der Waals surface area contributed by atoms with Crippen LogP contribution in [0.15, 0.2) is 48.5 Å². The van der Waals surface area contributed by atoms with E-state index in [1.807, 2.05) is 31.2 Å². The fraction of sp³-hybridized carbons (Fsp3) is 0.222. The van der Waals surface area contributed by atoms with Crippen LogP contribution in [0, 0.1) is 18.8 Å². The standard InChI is InChI=1S/C18H17ClN2O2/c1-11-6-8-12(9-7-11)20-17(22)13-10-14(13)18(23)21-16-5-3-2-4-15(16)19/h2-9,13-14H,10H2,1H3,(H,20,22)(H,21,23). The quantitative estimate of drug-likeness (QED) is 0.895. The predicted molar refractivity (Wildman–Crippen MR) is 91.5 cm³/mol. The van der Waals surface area contributed by atoms with Crippen molar-refractivity contribution in [1.82, 2.24) is 0 Å². The van der Waals surface area contributed by atoms with E-state index < -0.39 is 0 Å². The Morgan fingerprint density at radius 3 is 2.22 bits per heavy atom. The highest BCUT2D eigenvalue weighted by Gasteiger charge is 2.48. The molecular formula is C18H17ClN2O2. The molecule has 2 N–H and O–H groups in total. The molecule has 2 atom stereocenters. The average Bonchev–Trinajstić information content (AvgIpc) is 3.32. The van der Waals surface area contributed by atoms with Crippen LogP contribution in [0.2, 0.25) is 5.02 Å². The van der Waals surface area contributed by atoms with Crippen molar-refractivity contribution in [2.75, 3.05) is 10.6 Å². The highest BCUT2D eigenvalue weighted by Crippen LogP contribution is 2.40. The molecular weight excluding hydrogens is 312 g/mol. The van der Waals surface area contributed by atoms with Gasteiger partial charge in [0.2, 0.25) is 11.8 Å². The first-order valence-electron chi connectivity index (χ1n) is 7.47. The summed E-state index contributed by atoms with van der Waals surface area (Å²) in [6.45, 7) is 1.99. The van der Waals surface area contributed by atoms with Crippen molar-refractivity contribution in [3.63, 3.8) is 0 Å². The van der Waals surface area contributed by atoms with Gasteiger partial charge in [-0.1, -0.05) is 41.4 Å². The zero-order chi connectivity index (χ0) is 16.4. The van der Waals surface area contributed by atoms with E-state index >= 15 is 0 Å². The SMILES string of the molecule is Cc1ccc(NC(=O)C2CC2C(=O)Nc2ccccc2Cl)cc1. The third kappa shape index (κ3) is 3.71. The Hall–Kier alpha value is -2.33. The molecule has 0 aliphatic heterocycles. The van der Waals surface area contributed by atoms with Crippen molar-refractivity contribution in [1.29, 1.82) is 0 Å². The smallest absolute Gasteiger partial charge is 0.228 e. The summed E-state index contributed by atoms with van der Waals surface area (Å²) < 4.78 is 0. The topological polar surface area (TPSA) is 58.2 Å². The summed E-state index contributed by atoms with van der Waals surface area (Å²) in [6, 6.07) is 14.6. The van der Waals surface area contributed by atoms with E-state index in [1.165, 1.54) is 0 Å². The minimum absolute atomic E-state index is 0.117. The molecule has 1 fully saturated rings. The van der Waals surface area contributed by atoms with E-state index in [9.17, 15) is 9.59 Å².